The second kappa shape index (κ2) is 8.50. The predicted octanol–water partition coefficient (Wildman–Crippen LogP) is -0.0923. The Bertz CT molecular complexity index is 194. The summed E-state index contributed by atoms with van der Waals surface area (Å²) in [5, 5.41) is 6.07. The molecule has 1 fully saturated rings. The van der Waals surface area contributed by atoms with Gasteiger partial charge in [-0.15, -0.1) is 0 Å². The van der Waals surface area contributed by atoms with E-state index in [2.05, 4.69) is 10.6 Å². The summed E-state index contributed by atoms with van der Waals surface area (Å²) in [5.41, 5.74) is 0. The second-order valence-corrected chi connectivity index (χ2v) is 3.90. The topological polar surface area (TPSA) is 59.6 Å². The standard InChI is InChI=1S/C11H22N2O3/c1-15-8-9-16-7-3-6-13-11(14)10-4-2-5-12-10/h10,12H,2-9H2,1H3,(H,13,14)/t10-/m0/s1. The monoisotopic (exact) mass is 230 g/mol. The summed E-state index contributed by atoms with van der Waals surface area (Å²) in [6.45, 7) is 3.55. The van der Waals surface area contributed by atoms with Crippen molar-refractivity contribution in [3.8, 4) is 0 Å². The first-order valence-electron chi connectivity index (χ1n) is 5.92. The molecule has 0 aromatic heterocycles. The van der Waals surface area contributed by atoms with Crippen LogP contribution in [-0.4, -0.2) is 52.0 Å². The van der Waals surface area contributed by atoms with Gasteiger partial charge >= 0.3 is 0 Å². The van der Waals surface area contributed by atoms with Crippen LogP contribution in [0.25, 0.3) is 0 Å². The van der Waals surface area contributed by atoms with Gasteiger partial charge in [0.2, 0.25) is 5.91 Å². The molecule has 94 valence electrons. The van der Waals surface area contributed by atoms with Crippen molar-refractivity contribution in [3.05, 3.63) is 0 Å². The minimum atomic E-state index is 0.0226. The first-order valence-corrected chi connectivity index (χ1v) is 5.92. The fraction of sp³-hybridized carbons (Fsp3) is 0.909. The number of carbonyl (C=O) groups excluding carboxylic acids is 1. The van der Waals surface area contributed by atoms with Crippen LogP contribution in [0.1, 0.15) is 19.3 Å². The van der Waals surface area contributed by atoms with Crippen molar-refractivity contribution in [3.63, 3.8) is 0 Å². The first kappa shape index (κ1) is 13.4. The van der Waals surface area contributed by atoms with Gasteiger partial charge in [0.15, 0.2) is 0 Å². The fourth-order valence-corrected chi connectivity index (χ4v) is 1.66. The van der Waals surface area contributed by atoms with Crippen LogP contribution >= 0.6 is 0 Å². The number of rotatable bonds is 8. The number of methoxy groups -OCH3 is 1. The molecule has 1 aliphatic heterocycles. The molecule has 2 N–H and O–H groups in total. The molecule has 0 aliphatic carbocycles. The van der Waals surface area contributed by atoms with Crippen LogP contribution in [0.15, 0.2) is 0 Å². The van der Waals surface area contributed by atoms with Gasteiger partial charge in [-0.25, -0.2) is 0 Å². The highest BCUT2D eigenvalue weighted by atomic mass is 16.5. The summed E-state index contributed by atoms with van der Waals surface area (Å²) in [6.07, 6.45) is 2.90. The molecular weight excluding hydrogens is 208 g/mol. The van der Waals surface area contributed by atoms with Crippen LogP contribution in [-0.2, 0) is 14.3 Å². The highest BCUT2D eigenvalue weighted by molar-refractivity contribution is 5.81. The van der Waals surface area contributed by atoms with E-state index < -0.39 is 0 Å². The first-order chi connectivity index (χ1) is 7.84. The van der Waals surface area contributed by atoms with Gasteiger partial charge in [0.1, 0.15) is 0 Å². The zero-order valence-corrected chi connectivity index (χ0v) is 9.96. The lowest BCUT2D eigenvalue weighted by molar-refractivity contribution is -0.122. The van der Waals surface area contributed by atoms with Crippen LogP contribution in [0.2, 0.25) is 0 Å². The van der Waals surface area contributed by atoms with E-state index in [0.29, 0.717) is 26.4 Å². The number of amides is 1. The lowest BCUT2D eigenvalue weighted by Gasteiger charge is -2.10. The van der Waals surface area contributed by atoms with E-state index in [9.17, 15) is 4.79 Å². The highest BCUT2D eigenvalue weighted by Gasteiger charge is 2.20. The number of carbonyl (C=O) groups is 1. The van der Waals surface area contributed by atoms with E-state index in [0.717, 1.165) is 25.8 Å². The fourth-order valence-electron chi connectivity index (χ4n) is 1.66. The number of hydrogen-bond donors (Lipinski definition) is 2. The van der Waals surface area contributed by atoms with Crippen molar-refractivity contribution in [1.29, 1.82) is 0 Å². The molecule has 16 heavy (non-hydrogen) atoms. The molecule has 0 radical (unpaired) electrons. The Labute approximate surface area is 96.9 Å². The van der Waals surface area contributed by atoms with E-state index in [1.807, 2.05) is 0 Å². The smallest absolute Gasteiger partial charge is 0.237 e. The van der Waals surface area contributed by atoms with Gasteiger partial charge in [-0.1, -0.05) is 0 Å². The number of nitrogens with one attached hydrogen (secondary N) is 2. The summed E-state index contributed by atoms with van der Waals surface area (Å²) in [5.74, 6) is 0.120. The van der Waals surface area contributed by atoms with Gasteiger partial charge in [-0.3, -0.25) is 4.79 Å². The van der Waals surface area contributed by atoms with Gasteiger partial charge in [-0.2, -0.15) is 0 Å². The van der Waals surface area contributed by atoms with Crippen LogP contribution in [0.5, 0.6) is 0 Å². The van der Waals surface area contributed by atoms with Crippen molar-refractivity contribution < 1.29 is 14.3 Å². The third kappa shape index (κ3) is 5.44. The second-order valence-electron chi connectivity index (χ2n) is 3.90. The van der Waals surface area contributed by atoms with E-state index in [1.165, 1.54) is 0 Å². The summed E-state index contributed by atoms with van der Waals surface area (Å²) in [7, 11) is 1.65. The van der Waals surface area contributed by atoms with Gasteiger partial charge in [0, 0.05) is 20.3 Å². The van der Waals surface area contributed by atoms with E-state index in [-0.39, 0.29) is 11.9 Å². The SMILES string of the molecule is COCCOCCCNC(=O)[C@@H]1CCCN1. The quantitative estimate of drug-likeness (QED) is 0.572. The van der Waals surface area contributed by atoms with Crippen molar-refractivity contribution in [1.82, 2.24) is 10.6 Å². The third-order valence-electron chi connectivity index (χ3n) is 2.57. The lowest BCUT2D eigenvalue weighted by atomic mass is 10.2. The van der Waals surface area contributed by atoms with Crippen molar-refractivity contribution >= 4 is 5.91 Å². The third-order valence-corrected chi connectivity index (χ3v) is 2.57. The molecule has 0 unspecified atom stereocenters. The van der Waals surface area contributed by atoms with Crippen LogP contribution in [0.3, 0.4) is 0 Å². The molecular formula is C11H22N2O3. The molecule has 1 saturated heterocycles. The molecule has 1 atom stereocenters. The largest absolute Gasteiger partial charge is 0.382 e. The normalized spacial score (nSPS) is 19.9. The maximum Gasteiger partial charge on any atom is 0.237 e. The zero-order chi connectivity index (χ0) is 11.6. The molecule has 0 aromatic rings. The maximum absolute atomic E-state index is 11.5. The Kier molecular flexibility index (Phi) is 7.12. The zero-order valence-electron chi connectivity index (χ0n) is 9.96. The Morgan fingerprint density at radius 2 is 2.31 bits per heavy atom. The molecule has 0 spiro atoms. The van der Waals surface area contributed by atoms with Gasteiger partial charge in [0.05, 0.1) is 19.3 Å². The Balaban J connectivity index is 1.88. The van der Waals surface area contributed by atoms with Gasteiger partial charge in [-0.05, 0) is 25.8 Å². The molecule has 5 heteroatoms. The molecule has 1 rings (SSSR count). The summed E-state index contributed by atoms with van der Waals surface area (Å²) in [6, 6.07) is 0.0226. The molecule has 5 nitrogen and oxygen atoms in total. The minimum absolute atomic E-state index is 0.0226. The molecule has 0 bridgehead atoms. The summed E-state index contributed by atoms with van der Waals surface area (Å²) >= 11 is 0. The van der Waals surface area contributed by atoms with Crippen molar-refractivity contribution in [2.24, 2.45) is 0 Å². The van der Waals surface area contributed by atoms with Crippen LogP contribution < -0.4 is 10.6 Å². The van der Waals surface area contributed by atoms with Crippen molar-refractivity contribution in [2.45, 2.75) is 25.3 Å². The van der Waals surface area contributed by atoms with Crippen LogP contribution in [0, 0.1) is 0 Å². The molecule has 0 saturated carbocycles. The summed E-state index contributed by atoms with van der Waals surface area (Å²) in [4.78, 5) is 11.5. The van der Waals surface area contributed by atoms with Crippen molar-refractivity contribution in [2.75, 3.05) is 40.0 Å². The maximum atomic E-state index is 11.5. The molecule has 1 amide bonds. The number of ether oxygens (including phenoxy) is 2. The Morgan fingerprint density at radius 3 is 3.00 bits per heavy atom. The lowest BCUT2D eigenvalue weighted by Crippen LogP contribution is -2.40. The van der Waals surface area contributed by atoms with E-state index in [1.54, 1.807) is 7.11 Å². The predicted molar refractivity (Wildman–Crippen MR) is 61.3 cm³/mol. The molecule has 1 heterocycles. The van der Waals surface area contributed by atoms with Gasteiger partial charge in [0.25, 0.3) is 0 Å². The minimum Gasteiger partial charge on any atom is -0.382 e. The molecule has 1 aliphatic rings. The van der Waals surface area contributed by atoms with Crippen LogP contribution in [0.4, 0.5) is 0 Å². The summed E-state index contributed by atoms with van der Waals surface area (Å²) < 4.78 is 10.1. The van der Waals surface area contributed by atoms with E-state index in [4.69, 9.17) is 9.47 Å². The molecule has 0 aromatic carbocycles. The van der Waals surface area contributed by atoms with Gasteiger partial charge < -0.3 is 20.1 Å². The Hall–Kier alpha value is -0.650. The van der Waals surface area contributed by atoms with E-state index >= 15 is 0 Å². The highest BCUT2D eigenvalue weighted by Crippen LogP contribution is 2.04. The average molecular weight is 230 g/mol. The number of hydrogen-bond acceptors (Lipinski definition) is 4. The Morgan fingerprint density at radius 1 is 1.44 bits per heavy atom. The average Bonchev–Trinajstić information content (AvgIpc) is 2.81.